The van der Waals surface area contributed by atoms with Crippen molar-refractivity contribution in [2.75, 3.05) is 0 Å². The molecule has 0 saturated carbocycles. The van der Waals surface area contributed by atoms with Crippen molar-refractivity contribution < 1.29 is 5.11 Å². The van der Waals surface area contributed by atoms with Crippen LogP contribution in [0.15, 0.2) is 48.5 Å². The van der Waals surface area contributed by atoms with Crippen molar-refractivity contribution in [1.82, 2.24) is 5.32 Å². The van der Waals surface area contributed by atoms with Crippen molar-refractivity contribution in [3.8, 4) is 5.75 Å². The minimum Gasteiger partial charge on any atom is -0.508 e. The molecule has 2 aromatic rings. The minimum atomic E-state index is 0.226. The molecular formula is C15H16ClNO. The summed E-state index contributed by atoms with van der Waals surface area (Å²) in [5.74, 6) is 0.271. The standard InChI is InChI=1S/C15H16ClNO/c1-11(12-5-3-2-4-6-12)17-10-13-9-14(16)7-8-15(13)18/h2-9,11,17-18H,10H2,1H3/t11-/m1/s1. The summed E-state index contributed by atoms with van der Waals surface area (Å²) in [6, 6.07) is 15.5. The quantitative estimate of drug-likeness (QED) is 0.875. The average molecular weight is 262 g/mol. The first kappa shape index (κ1) is 12.9. The number of nitrogens with one attached hydrogen (secondary N) is 1. The zero-order chi connectivity index (χ0) is 13.0. The predicted octanol–water partition coefficient (Wildman–Crippen LogP) is 3.90. The van der Waals surface area contributed by atoms with Crippen LogP contribution in [0.1, 0.15) is 24.1 Å². The average Bonchev–Trinajstić information content (AvgIpc) is 2.40. The van der Waals surface area contributed by atoms with Crippen molar-refractivity contribution >= 4 is 11.6 Å². The lowest BCUT2D eigenvalue weighted by Crippen LogP contribution is -2.18. The first-order valence-electron chi connectivity index (χ1n) is 5.92. The van der Waals surface area contributed by atoms with E-state index in [1.807, 2.05) is 18.2 Å². The molecule has 2 N–H and O–H groups in total. The van der Waals surface area contributed by atoms with Gasteiger partial charge in [-0.3, -0.25) is 0 Å². The van der Waals surface area contributed by atoms with Gasteiger partial charge in [0.25, 0.3) is 0 Å². The number of phenols is 1. The fourth-order valence-corrected chi connectivity index (χ4v) is 2.01. The van der Waals surface area contributed by atoms with Crippen molar-refractivity contribution in [2.24, 2.45) is 0 Å². The van der Waals surface area contributed by atoms with Gasteiger partial charge in [-0.05, 0) is 30.7 Å². The van der Waals surface area contributed by atoms with E-state index in [0.29, 0.717) is 11.6 Å². The van der Waals surface area contributed by atoms with E-state index in [0.717, 1.165) is 5.56 Å². The molecule has 3 heteroatoms. The smallest absolute Gasteiger partial charge is 0.120 e. The van der Waals surface area contributed by atoms with Gasteiger partial charge in [0, 0.05) is 23.2 Å². The van der Waals surface area contributed by atoms with E-state index in [-0.39, 0.29) is 11.8 Å². The minimum absolute atomic E-state index is 0.226. The number of aromatic hydroxyl groups is 1. The lowest BCUT2D eigenvalue weighted by atomic mass is 10.1. The second-order valence-electron chi connectivity index (χ2n) is 4.29. The number of rotatable bonds is 4. The van der Waals surface area contributed by atoms with Crippen LogP contribution in [0.4, 0.5) is 0 Å². The molecule has 2 rings (SSSR count). The molecule has 94 valence electrons. The first-order chi connectivity index (χ1) is 8.66. The summed E-state index contributed by atoms with van der Waals surface area (Å²) in [6.07, 6.45) is 0. The maximum atomic E-state index is 9.72. The lowest BCUT2D eigenvalue weighted by Gasteiger charge is -2.15. The zero-order valence-corrected chi connectivity index (χ0v) is 11.0. The highest BCUT2D eigenvalue weighted by Gasteiger charge is 2.06. The Balaban J connectivity index is 2.01. The molecule has 0 aromatic heterocycles. The van der Waals surface area contributed by atoms with E-state index in [2.05, 4.69) is 24.4 Å². The molecule has 0 aliphatic heterocycles. The fourth-order valence-electron chi connectivity index (χ4n) is 1.82. The van der Waals surface area contributed by atoms with Gasteiger partial charge in [-0.1, -0.05) is 41.9 Å². The van der Waals surface area contributed by atoms with Gasteiger partial charge in [0.2, 0.25) is 0 Å². The fraction of sp³-hybridized carbons (Fsp3) is 0.200. The molecule has 0 fully saturated rings. The number of halogens is 1. The molecule has 0 aliphatic rings. The Kier molecular flexibility index (Phi) is 4.24. The first-order valence-corrected chi connectivity index (χ1v) is 6.30. The molecule has 0 bridgehead atoms. The SMILES string of the molecule is C[C@@H](NCc1cc(Cl)ccc1O)c1ccccc1. The molecule has 18 heavy (non-hydrogen) atoms. The maximum Gasteiger partial charge on any atom is 0.120 e. The van der Waals surface area contributed by atoms with Gasteiger partial charge in [-0.2, -0.15) is 0 Å². The largest absolute Gasteiger partial charge is 0.508 e. The summed E-state index contributed by atoms with van der Waals surface area (Å²) in [7, 11) is 0. The highest BCUT2D eigenvalue weighted by molar-refractivity contribution is 6.30. The third kappa shape index (κ3) is 3.25. The molecule has 2 nitrogen and oxygen atoms in total. The van der Waals surface area contributed by atoms with Crippen molar-refractivity contribution in [1.29, 1.82) is 0 Å². The molecule has 0 unspecified atom stereocenters. The van der Waals surface area contributed by atoms with Gasteiger partial charge in [0.05, 0.1) is 0 Å². The summed E-state index contributed by atoms with van der Waals surface area (Å²) in [5, 5.41) is 13.7. The van der Waals surface area contributed by atoms with Crippen LogP contribution >= 0.6 is 11.6 Å². The van der Waals surface area contributed by atoms with Crippen molar-refractivity contribution in [2.45, 2.75) is 19.5 Å². The highest BCUT2D eigenvalue weighted by atomic mass is 35.5. The van der Waals surface area contributed by atoms with Gasteiger partial charge in [0.15, 0.2) is 0 Å². The van der Waals surface area contributed by atoms with Crippen LogP contribution in [-0.2, 0) is 6.54 Å². The van der Waals surface area contributed by atoms with Gasteiger partial charge in [0.1, 0.15) is 5.75 Å². The summed E-state index contributed by atoms with van der Waals surface area (Å²) < 4.78 is 0. The van der Waals surface area contributed by atoms with Crippen molar-refractivity contribution in [3.05, 3.63) is 64.7 Å². The van der Waals surface area contributed by atoms with E-state index in [4.69, 9.17) is 11.6 Å². The van der Waals surface area contributed by atoms with Crippen molar-refractivity contribution in [3.63, 3.8) is 0 Å². The van der Waals surface area contributed by atoms with Crippen LogP contribution in [0.25, 0.3) is 0 Å². The maximum absolute atomic E-state index is 9.72. The summed E-state index contributed by atoms with van der Waals surface area (Å²) in [6.45, 7) is 2.68. The third-order valence-corrected chi connectivity index (χ3v) is 3.17. The predicted molar refractivity (Wildman–Crippen MR) is 74.8 cm³/mol. The van der Waals surface area contributed by atoms with Gasteiger partial charge < -0.3 is 10.4 Å². The molecular weight excluding hydrogens is 246 g/mol. The Bertz CT molecular complexity index is 513. The molecule has 0 spiro atoms. The topological polar surface area (TPSA) is 32.3 Å². The van der Waals surface area contributed by atoms with Crippen LogP contribution in [0.3, 0.4) is 0 Å². The number of hydrogen-bond donors (Lipinski definition) is 2. The van der Waals surface area contributed by atoms with E-state index < -0.39 is 0 Å². The van der Waals surface area contributed by atoms with Crippen LogP contribution in [0.2, 0.25) is 5.02 Å². The van der Waals surface area contributed by atoms with E-state index in [1.54, 1.807) is 18.2 Å². The van der Waals surface area contributed by atoms with E-state index >= 15 is 0 Å². The number of hydrogen-bond acceptors (Lipinski definition) is 2. The Morgan fingerprint density at radius 3 is 2.61 bits per heavy atom. The molecule has 0 aliphatic carbocycles. The second-order valence-corrected chi connectivity index (χ2v) is 4.72. The zero-order valence-electron chi connectivity index (χ0n) is 10.2. The van der Waals surface area contributed by atoms with E-state index in [9.17, 15) is 5.11 Å². The highest BCUT2D eigenvalue weighted by Crippen LogP contribution is 2.22. The van der Waals surface area contributed by atoms with Crippen LogP contribution < -0.4 is 5.32 Å². The Labute approximate surface area is 112 Å². The Morgan fingerprint density at radius 2 is 1.89 bits per heavy atom. The number of phenolic OH excluding ortho intramolecular Hbond substituents is 1. The van der Waals surface area contributed by atoms with Gasteiger partial charge >= 0.3 is 0 Å². The second kappa shape index (κ2) is 5.89. The molecule has 0 heterocycles. The Hall–Kier alpha value is -1.51. The molecule has 1 atom stereocenters. The van der Waals surface area contributed by atoms with Gasteiger partial charge in [-0.25, -0.2) is 0 Å². The molecule has 2 aromatic carbocycles. The van der Waals surface area contributed by atoms with E-state index in [1.165, 1.54) is 5.56 Å². The summed E-state index contributed by atoms with van der Waals surface area (Å²) in [5.41, 5.74) is 2.03. The monoisotopic (exact) mass is 261 g/mol. The summed E-state index contributed by atoms with van der Waals surface area (Å²) in [4.78, 5) is 0. The molecule has 0 saturated heterocycles. The molecule has 0 radical (unpaired) electrons. The van der Waals surface area contributed by atoms with Gasteiger partial charge in [-0.15, -0.1) is 0 Å². The normalized spacial score (nSPS) is 12.3. The van der Waals surface area contributed by atoms with Crippen LogP contribution in [-0.4, -0.2) is 5.11 Å². The van der Waals surface area contributed by atoms with Crippen LogP contribution in [0.5, 0.6) is 5.75 Å². The summed E-state index contributed by atoms with van der Waals surface area (Å²) >= 11 is 5.91. The molecule has 0 amide bonds. The Morgan fingerprint density at radius 1 is 1.17 bits per heavy atom. The number of benzene rings is 2. The third-order valence-electron chi connectivity index (χ3n) is 2.94. The lowest BCUT2D eigenvalue weighted by molar-refractivity contribution is 0.460. The van der Waals surface area contributed by atoms with Crippen LogP contribution in [0, 0.1) is 0 Å².